The van der Waals surface area contributed by atoms with Gasteiger partial charge in [-0.3, -0.25) is 4.72 Å². The third-order valence-corrected chi connectivity index (χ3v) is 2.70. The highest BCUT2D eigenvalue weighted by Gasteiger charge is 2.10. The lowest BCUT2D eigenvalue weighted by Gasteiger charge is -2.10. The molecule has 0 spiro atoms. The van der Waals surface area contributed by atoms with Gasteiger partial charge in [0.1, 0.15) is 5.82 Å². The van der Waals surface area contributed by atoms with Crippen LogP contribution in [0.25, 0.3) is 0 Å². The molecule has 0 saturated carbocycles. The van der Waals surface area contributed by atoms with Gasteiger partial charge in [-0.05, 0) is 24.1 Å². The molecule has 1 aromatic rings. The van der Waals surface area contributed by atoms with E-state index in [1.807, 2.05) is 6.92 Å². The fourth-order valence-electron chi connectivity index (χ4n) is 1.18. The van der Waals surface area contributed by atoms with Crippen LogP contribution in [0, 0.1) is 5.82 Å². The molecule has 0 unspecified atom stereocenters. The summed E-state index contributed by atoms with van der Waals surface area (Å²) in [4.78, 5) is 0. The van der Waals surface area contributed by atoms with Gasteiger partial charge in [-0.25, -0.2) is 12.8 Å². The van der Waals surface area contributed by atoms with E-state index in [1.54, 1.807) is 0 Å². The summed E-state index contributed by atoms with van der Waals surface area (Å²) in [6.45, 7) is 1.83. The average Bonchev–Trinajstić information content (AvgIpc) is 2.08. The molecule has 1 rings (SSSR count). The van der Waals surface area contributed by atoms with Crippen molar-refractivity contribution in [3.8, 4) is 0 Å². The second kappa shape index (κ2) is 4.37. The van der Waals surface area contributed by atoms with E-state index < -0.39 is 15.8 Å². The van der Waals surface area contributed by atoms with E-state index in [2.05, 4.69) is 4.72 Å². The Morgan fingerprint density at radius 1 is 1.47 bits per heavy atom. The van der Waals surface area contributed by atoms with Crippen LogP contribution in [0.1, 0.15) is 12.5 Å². The van der Waals surface area contributed by atoms with Gasteiger partial charge < -0.3 is 0 Å². The molecule has 0 aliphatic rings. The SMILES string of the molecule is CCc1cc(Cl)c(F)cc1NS(C)(=O)=O. The molecule has 6 heteroatoms. The van der Waals surface area contributed by atoms with Crippen LogP contribution in [-0.2, 0) is 16.4 Å². The van der Waals surface area contributed by atoms with Crippen molar-refractivity contribution in [1.82, 2.24) is 0 Å². The van der Waals surface area contributed by atoms with Crippen LogP contribution in [-0.4, -0.2) is 14.7 Å². The van der Waals surface area contributed by atoms with E-state index in [0.717, 1.165) is 12.3 Å². The number of sulfonamides is 1. The zero-order valence-electron chi connectivity index (χ0n) is 8.34. The van der Waals surface area contributed by atoms with Crippen molar-refractivity contribution in [2.45, 2.75) is 13.3 Å². The van der Waals surface area contributed by atoms with Gasteiger partial charge >= 0.3 is 0 Å². The average molecular weight is 252 g/mol. The van der Waals surface area contributed by atoms with Crippen LogP contribution in [0.15, 0.2) is 12.1 Å². The zero-order chi connectivity index (χ0) is 11.6. The summed E-state index contributed by atoms with van der Waals surface area (Å²) < 4.78 is 37.3. The molecule has 15 heavy (non-hydrogen) atoms. The fraction of sp³-hybridized carbons (Fsp3) is 0.333. The highest BCUT2D eigenvalue weighted by molar-refractivity contribution is 7.92. The summed E-state index contributed by atoms with van der Waals surface area (Å²) in [6, 6.07) is 2.51. The minimum absolute atomic E-state index is 0.00842. The molecule has 0 aliphatic carbocycles. The van der Waals surface area contributed by atoms with Crippen molar-refractivity contribution in [3.63, 3.8) is 0 Å². The van der Waals surface area contributed by atoms with Crippen molar-refractivity contribution < 1.29 is 12.8 Å². The maximum Gasteiger partial charge on any atom is 0.229 e. The largest absolute Gasteiger partial charge is 0.283 e. The molecule has 0 radical (unpaired) electrons. The molecule has 0 amide bonds. The Balaban J connectivity index is 3.22. The molecule has 0 aliphatic heterocycles. The van der Waals surface area contributed by atoms with E-state index in [0.29, 0.717) is 12.0 Å². The zero-order valence-corrected chi connectivity index (χ0v) is 9.91. The van der Waals surface area contributed by atoms with Crippen LogP contribution < -0.4 is 4.72 Å². The predicted octanol–water partition coefficient (Wildman–Crippen LogP) is 2.41. The van der Waals surface area contributed by atoms with Crippen LogP contribution >= 0.6 is 11.6 Å². The molecule has 3 nitrogen and oxygen atoms in total. The Morgan fingerprint density at radius 2 is 2.07 bits per heavy atom. The van der Waals surface area contributed by atoms with Crippen molar-refractivity contribution >= 4 is 27.3 Å². The van der Waals surface area contributed by atoms with Gasteiger partial charge in [0.25, 0.3) is 0 Å². The lowest BCUT2D eigenvalue weighted by Crippen LogP contribution is -2.11. The van der Waals surface area contributed by atoms with E-state index in [1.165, 1.54) is 6.07 Å². The first-order valence-electron chi connectivity index (χ1n) is 4.29. The van der Waals surface area contributed by atoms with Crippen LogP contribution in [0.5, 0.6) is 0 Å². The number of rotatable bonds is 3. The Hall–Kier alpha value is -0.810. The van der Waals surface area contributed by atoms with Crippen LogP contribution in [0.3, 0.4) is 0 Å². The number of nitrogens with one attached hydrogen (secondary N) is 1. The van der Waals surface area contributed by atoms with Crippen LogP contribution in [0.4, 0.5) is 10.1 Å². The van der Waals surface area contributed by atoms with E-state index in [9.17, 15) is 12.8 Å². The topological polar surface area (TPSA) is 46.2 Å². The molecule has 0 heterocycles. The normalized spacial score (nSPS) is 11.5. The highest BCUT2D eigenvalue weighted by Crippen LogP contribution is 2.25. The molecule has 1 aromatic carbocycles. The van der Waals surface area contributed by atoms with E-state index in [-0.39, 0.29) is 10.7 Å². The number of halogens is 2. The van der Waals surface area contributed by atoms with Crippen molar-refractivity contribution in [2.24, 2.45) is 0 Å². The highest BCUT2D eigenvalue weighted by atomic mass is 35.5. The Labute approximate surface area is 93.3 Å². The third-order valence-electron chi connectivity index (χ3n) is 1.82. The Morgan fingerprint density at radius 3 is 2.53 bits per heavy atom. The molecule has 0 saturated heterocycles. The quantitative estimate of drug-likeness (QED) is 0.897. The predicted molar refractivity (Wildman–Crippen MR) is 59.3 cm³/mol. The molecular formula is C9H11ClFNO2S. The summed E-state index contributed by atoms with van der Waals surface area (Å²) in [7, 11) is -3.40. The summed E-state index contributed by atoms with van der Waals surface area (Å²) in [5.41, 5.74) is 0.897. The molecule has 0 fully saturated rings. The van der Waals surface area contributed by atoms with Gasteiger partial charge in [-0.1, -0.05) is 18.5 Å². The molecule has 1 N–H and O–H groups in total. The summed E-state index contributed by atoms with van der Waals surface area (Å²) in [5.74, 6) is -0.639. The maximum absolute atomic E-state index is 13.1. The minimum Gasteiger partial charge on any atom is -0.283 e. The number of benzene rings is 1. The molecule has 0 bridgehead atoms. The maximum atomic E-state index is 13.1. The van der Waals surface area contributed by atoms with Gasteiger partial charge in [0, 0.05) is 0 Å². The first-order chi connectivity index (χ1) is 6.83. The van der Waals surface area contributed by atoms with Gasteiger partial charge in [0.15, 0.2) is 0 Å². The van der Waals surface area contributed by atoms with Crippen LogP contribution in [0.2, 0.25) is 5.02 Å². The van der Waals surface area contributed by atoms with Crippen molar-refractivity contribution in [1.29, 1.82) is 0 Å². The summed E-state index contributed by atoms with van der Waals surface area (Å²) in [6.07, 6.45) is 1.58. The van der Waals surface area contributed by atoms with E-state index >= 15 is 0 Å². The van der Waals surface area contributed by atoms with Crippen molar-refractivity contribution in [2.75, 3.05) is 11.0 Å². The molecule has 0 aromatic heterocycles. The Kier molecular flexibility index (Phi) is 3.57. The lowest BCUT2D eigenvalue weighted by molar-refractivity contribution is 0.606. The Bertz CT molecular complexity index is 473. The van der Waals surface area contributed by atoms with Gasteiger partial charge in [0.2, 0.25) is 10.0 Å². The van der Waals surface area contributed by atoms with Gasteiger partial charge in [-0.15, -0.1) is 0 Å². The number of aryl methyl sites for hydroxylation is 1. The van der Waals surface area contributed by atoms with Crippen molar-refractivity contribution in [3.05, 3.63) is 28.5 Å². The second-order valence-corrected chi connectivity index (χ2v) is 5.31. The summed E-state index contributed by atoms with van der Waals surface area (Å²) in [5, 5.41) is -0.00842. The number of hydrogen-bond donors (Lipinski definition) is 1. The first kappa shape index (κ1) is 12.3. The molecule has 0 atom stereocenters. The molecular weight excluding hydrogens is 241 g/mol. The van der Waals surface area contributed by atoms with Gasteiger partial charge in [-0.2, -0.15) is 0 Å². The van der Waals surface area contributed by atoms with E-state index in [4.69, 9.17) is 11.6 Å². The number of anilines is 1. The monoisotopic (exact) mass is 251 g/mol. The molecule has 84 valence electrons. The lowest BCUT2D eigenvalue weighted by atomic mass is 10.1. The first-order valence-corrected chi connectivity index (χ1v) is 6.56. The standard InChI is InChI=1S/C9H11ClFNO2S/c1-3-6-4-7(10)8(11)5-9(6)12-15(2,13)14/h4-5,12H,3H2,1-2H3. The second-order valence-electron chi connectivity index (χ2n) is 3.15. The summed E-state index contributed by atoms with van der Waals surface area (Å²) >= 11 is 5.58. The number of hydrogen-bond acceptors (Lipinski definition) is 2. The minimum atomic E-state index is -3.40. The fourth-order valence-corrected chi connectivity index (χ4v) is 1.95. The third kappa shape index (κ3) is 3.35. The smallest absolute Gasteiger partial charge is 0.229 e. The van der Waals surface area contributed by atoms with Gasteiger partial charge in [0.05, 0.1) is 17.0 Å².